The van der Waals surface area contributed by atoms with Crippen LogP contribution in [0.3, 0.4) is 0 Å². The molecule has 1 fully saturated rings. The Bertz CT molecular complexity index is 1030. The molecule has 0 atom stereocenters. The summed E-state index contributed by atoms with van der Waals surface area (Å²) in [6.07, 6.45) is 13.5. The van der Waals surface area contributed by atoms with Crippen LogP contribution in [0.25, 0.3) is 28.0 Å². The summed E-state index contributed by atoms with van der Waals surface area (Å²) in [5.41, 5.74) is 7.95. The minimum Gasteiger partial charge on any atom is -0.0648 e. The second-order valence-corrected chi connectivity index (χ2v) is 9.01. The molecule has 0 aromatic heterocycles. The molecule has 3 aromatic carbocycles. The normalized spacial score (nSPS) is 18.1. The molecule has 0 unspecified atom stereocenters. The van der Waals surface area contributed by atoms with E-state index in [4.69, 9.17) is 0 Å². The lowest BCUT2D eigenvalue weighted by Gasteiger charge is -2.37. The topological polar surface area (TPSA) is 0 Å². The van der Waals surface area contributed by atoms with Gasteiger partial charge in [0.1, 0.15) is 0 Å². The average molecular weight is 367 g/mol. The van der Waals surface area contributed by atoms with Crippen LogP contribution in [0.4, 0.5) is 0 Å². The molecule has 0 bridgehead atoms. The van der Waals surface area contributed by atoms with Crippen molar-refractivity contribution in [3.8, 4) is 11.1 Å². The van der Waals surface area contributed by atoms with Gasteiger partial charge in [-0.3, -0.25) is 0 Å². The van der Waals surface area contributed by atoms with Gasteiger partial charge in [0.05, 0.1) is 0 Å². The molecule has 2 aliphatic rings. The fourth-order valence-electron chi connectivity index (χ4n) is 5.60. The Morgan fingerprint density at radius 2 is 1.64 bits per heavy atom. The molecule has 142 valence electrons. The van der Waals surface area contributed by atoms with Crippen LogP contribution in [-0.4, -0.2) is 0 Å². The Kier molecular flexibility index (Phi) is 4.59. The molecule has 0 saturated heterocycles. The zero-order valence-electron chi connectivity index (χ0n) is 17.0. The highest BCUT2D eigenvalue weighted by molar-refractivity contribution is 5.90. The first-order valence-electron chi connectivity index (χ1n) is 11.1. The maximum atomic E-state index is 2.53. The van der Waals surface area contributed by atoms with Crippen molar-refractivity contribution in [2.75, 3.05) is 0 Å². The maximum Gasteiger partial charge on any atom is -0.00574 e. The van der Waals surface area contributed by atoms with E-state index in [0.29, 0.717) is 5.41 Å². The molecule has 5 rings (SSSR count). The summed E-state index contributed by atoms with van der Waals surface area (Å²) < 4.78 is 0. The van der Waals surface area contributed by atoms with Crippen molar-refractivity contribution < 1.29 is 0 Å². The smallest absolute Gasteiger partial charge is 0.00574 e. The fraction of sp³-hybridized carbons (Fsp3) is 0.357. The molecule has 0 spiro atoms. The monoisotopic (exact) mass is 366 g/mol. The van der Waals surface area contributed by atoms with E-state index >= 15 is 0 Å². The van der Waals surface area contributed by atoms with E-state index in [1.165, 1.54) is 78.0 Å². The Morgan fingerprint density at radius 3 is 2.46 bits per heavy atom. The largest absolute Gasteiger partial charge is 0.0648 e. The number of rotatable bonds is 4. The zero-order valence-corrected chi connectivity index (χ0v) is 17.0. The van der Waals surface area contributed by atoms with Gasteiger partial charge in [-0.2, -0.15) is 0 Å². The van der Waals surface area contributed by atoms with Gasteiger partial charge >= 0.3 is 0 Å². The first-order valence-corrected chi connectivity index (χ1v) is 11.1. The lowest BCUT2D eigenvalue weighted by atomic mass is 9.68. The number of hydrogen-bond donors (Lipinski definition) is 0. The van der Waals surface area contributed by atoms with E-state index in [2.05, 4.69) is 73.7 Å². The van der Waals surface area contributed by atoms with Crippen LogP contribution >= 0.6 is 0 Å². The third-order valence-corrected chi connectivity index (χ3v) is 7.29. The molecule has 0 nitrogen and oxygen atoms in total. The molecule has 1 saturated carbocycles. The van der Waals surface area contributed by atoms with E-state index in [-0.39, 0.29) is 0 Å². The molecular weight excluding hydrogens is 336 g/mol. The number of allylic oxidation sites excluding steroid dienone is 1. The van der Waals surface area contributed by atoms with Gasteiger partial charge in [0, 0.05) is 0 Å². The van der Waals surface area contributed by atoms with Gasteiger partial charge in [-0.05, 0) is 70.2 Å². The maximum absolute atomic E-state index is 2.53. The highest BCUT2D eigenvalue weighted by atomic mass is 14.4. The number of fused-ring (bicyclic) bond motifs is 2. The van der Waals surface area contributed by atoms with Crippen molar-refractivity contribution in [1.29, 1.82) is 0 Å². The van der Waals surface area contributed by atoms with Gasteiger partial charge in [-0.1, -0.05) is 98.9 Å². The molecule has 2 aliphatic carbocycles. The Morgan fingerprint density at radius 1 is 0.821 bits per heavy atom. The summed E-state index contributed by atoms with van der Waals surface area (Å²) in [7, 11) is 0. The molecule has 0 heteroatoms. The Balaban J connectivity index is 1.49. The fourth-order valence-corrected chi connectivity index (χ4v) is 5.60. The highest BCUT2D eigenvalue weighted by Gasteiger charge is 2.32. The van der Waals surface area contributed by atoms with Gasteiger partial charge in [0.15, 0.2) is 0 Å². The quantitative estimate of drug-likeness (QED) is 0.436. The van der Waals surface area contributed by atoms with E-state index in [0.717, 1.165) is 6.42 Å². The van der Waals surface area contributed by atoms with Crippen molar-refractivity contribution in [2.24, 2.45) is 5.41 Å². The number of hydrogen-bond acceptors (Lipinski definition) is 0. The Labute approximate surface area is 169 Å². The van der Waals surface area contributed by atoms with Crippen molar-refractivity contribution >= 4 is 16.8 Å². The third-order valence-electron chi connectivity index (χ3n) is 7.29. The van der Waals surface area contributed by atoms with E-state index < -0.39 is 0 Å². The summed E-state index contributed by atoms with van der Waals surface area (Å²) in [5.74, 6) is 0. The van der Waals surface area contributed by atoms with Crippen LogP contribution in [0.1, 0.15) is 63.0 Å². The summed E-state index contributed by atoms with van der Waals surface area (Å²) in [4.78, 5) is 0. The zero-order chi connectivity index (χ0) is 19.0. The molecular formula is C28H30. The van der Waals surface area contributed by atoms with E-state index in [1.807, 2.05) is 0 Å². The Hall–Kier alpha value is -2.34. The van der Waals surface area contributed by atoms with Crippen LogP contribution in [0.5, 0.6) is 0 Å². The minimum atomic E-state index is 0.565. The summed E-state index contributed by atoms with van der Waals surface area (Å²) in [5, 5.41) is 2.64. The SMILES string of the molecule is CCC1(CC2=Cc3c(cccc3-c3ccc4ccccc4c3)C2)CCCCC1. The first kappa shape index (κ1) is 17.7. The van der Waals surface area contributed by atoms with Gasteiger partial charge in [0.2, 0.25) is 0 Å². The van der Waals surface area contributed by atoms with Gasteiger partial charge in [-0.25, -0.2) is 0 Å². The molecule has 0 amide bonds. The van der Waals surface area contributed by atoms with Crippen LogP contribution in [-0.2, 0) is 6.42 Å². The molecule has 0 N–H and O–H groups in total. The number of benzene rings is 3. The van der Waals surface area contributed by atoms with Gasteiger partial charge < -0.3 is 0 Å². The third kappa shape index (κ3) is 3.20. The van der Waals surface area contributed by atoms with Gasteiger partial charge in [-0.15, -0.1) is 0 Å². The summed E-state index contributed by atoms with van der Waals surface area (Å²) in [6.45, 7) is 2.41. The predicted molar refractivity (Wildman–Crippen MR) is 121 cm³/mol. The molecule has 0 radical (unpaired) electrons. The van der Waals surface area contributed by atoms with Crippen molar-refractivity contribution in [3.05, 3.63) is 77.4 Å². The van der Waals surface area contributed by atoms with E-state index in [9.17, 15) is 0 Å². The lowest BCUT2D eigenvalue weighted by molar-refractivity contribution is 0.179. The van der Waals surface area contributed by atoms with Crippen molar-refractivity contribution in [2.45, 2.75) is 58.3 Å². The predicted octanol–water partition coefficient (Wildman–Crippen LogP) is 8.20. The molecule has 28 heavy (non-hydrogen) atoms. The van der Waals surface area contributed by atoms with Crippen molar-refractivity contribution in [1.82, 2.24) is 0 Å². The van der Waals surface area contributed by atoms with Crippen LogP contribution in [0, 0.1) is 5.41 Å². The minimum absolute atomic E-state index is 0.565. The summed E-state index contributed by atoms with van der Waals surface area (Å²) in [6, 6.07) is 22.5. The van der Waals surface area contributed by atoms with Gasteiger partial charge in [0.25, 0.3) is 0 Å². The van der Waals surface area contributed by atoms with Crippen molar-refractivity contribution in [3.63, 3.8) is 0 Å². The first-order chi connectivity index (χ1) is 13.8. The van der Waals surface area contributed by atoms with Crippen LogP contribution < -0.4 is 0 Å². The second-order valence-electron chi connectivity index (χ2n) is 9.01. The molecule has 0 heterocycles. The van der Waals surface area contributed by atoms with Crippen LogP contribution in [0.2, 0.25) is 0 Å². The standard InChI is InChI=1S/C28H30/c1-2-28(15-6-3-7-16-28)20-21-17-24-11-8-12-26(27(24)18-21)25-14-13-22-9-4-5-10-23(22)19-25/h4-5,8-14,18-19H,2-3,6-7,15-17,20H2,1H3. The average Bonchev–Trinajstić information content (AvgIpc) is 3.16. The van der Waals surface area contributed by atoms with E-state index in [1.54, 1.807) is 5.57 Å². The molecule has 0 aliphatic heterocycles. The van der Waals surface area contributed by atoms with Crippen LogP contribution in [0.15, 0.2) is 66.2 Å². The summed E-state index contributed by atoms with van der Waals surface area (Å²) >= 11 is 0. The molecule has 3 aromatic rings. The highest BCUT2D eigenvalue weighted by Crippen LogP contribution is 2.46. The second kappa shape index (κ2) is 7.24. The lowest BCUT2D eigenvalue weighted by Crippen LogP contribution is -2.23.